The van der Waals surface area contributed by atoms with Gasteiger partial charge in [-0.05, 0) is 28.1 Å². The molecular weight excluding hydrogens is 236 g/mol. The summed E-state index contributed by atoms with van der Waals surface area (Å²) < 4.78 is 5.63. The highest BCUT2D eigenvalue weighted by Crippen LogP contribution is 2.29. The Morgan fingerprint density at radius 2 is 2.00 bits per heavy atom. The third-order valence-corrected chi connectivity index (χ3v) is 2.26. The normalized spacial score (nSPS) is 9.38. The van der Waals surface area contributed by atoms with Crippen molar-refractivity contribution in [2.24, 2.45) is 0 Å². The second kappa shape index (κ2) is 4.18. The molecule has 0 spiro atoms. The summed E-state index contributed by atoms with van der Waals surface area (Å²) in [6, 6.07) is 3.22. The van der Waals surface area contributed by atoms with Crippen molar-refractivity contribution in [3.63, 3.8) is 0 Å². The quantitative estimate of drug-likeness (QED) is 0.763. The monoisotopic (exact) mass is 242 g/mol. The van der Waals surface area contributed by atoms with Gasteiger partial charge in [-0.25, -0.2) is 0 Å². The summed E-state index contributed by atoms with van der Waals surface area (Å²) in [6.45, 7) is 0. The first kappa shape index (κ1) is 9.92. The maximum Gasteiger partial charge on any atom is 0.154 e. The van der Waals surface area contributed by atoms with Crippen LogP contribution >= 0.6 is 15.9 Å². The van der Waals surface area contributed by atoms with Crippen molar-refractivity contribution in [2.75, 3.05) is 7.11 Å². The van der Waals surface area contributed by atoms with Crippen LogP contribution in [0.4, 0.5) is 0 Å². The van der Waals surface area contributed by atoms with Gasteiger partial charge in [-0.15, -0.1) is 0 Å². The molecule has 0 unspecified atom stereocenters. The van der Waals surface area contributed by atoms with E-state index in [0.717, 1.165) is 0 Å². The number of hydrogen-bond donors (Lipinski definition) is 0. The van der Waals surface area contributed by atoms with E-state index in [1.54, 1.807) is 12.1 Å². The molecule has 1 aromatic rings. The fourth-order valence-corrected chi connectivity index (χ4v) is 1.53. The zero-order chi connectivity index (χ0) is 9.84. The molecule has 0 aromatic heterocycles. The standard InChI is InChI=1S/C9H7BrO3/c1-13-9-7(5-12)6(4-11)2-3-8(9)10/h2-5H,1H3. The summed E-state index contributed by atoms with van der Waals surface area (Å²) in [6.07, 6.45) is 1.23. The van der Waals surface area contributed by atoms with Crippen molar-refractivity contribution >= 4 is 28.5 Å². The molecule has 3 nitrogen and oxygen atoms in total. The van der Waals surface area contributed by atoms with Crippen molar-refractivity contribution < 1.29 is 14.3 Å². The van der Waals surface area contributed by atoms with E-state index in [1.807, 2.05) is 0 Å². The Hall–Kier alpha value is -1.16. The first-order valence-corrected chi connectivity index (χ1v) is 4.30. The highest BCUT2D eigenvalue weighted by molar-refractivity contribution is 9.10. The van der Waals surface area contributed by atoms with Gasteiger partial charge >= 0.3 is 0 Å². The number of carbonyl (C=O) groups is 2. The minimum Gasteiger partial charge on any atom is -0.495 e. The minimum atomic E-state index is 0.270. The molecule has 0 fully saturated rings. The Morgan fingerprint density at radius 3 is 2.46 bits per heavy atom. The van der Waals surface area contributed by atoms with Crippen LogP contribution in [-0.2, 0) is 0 Å². The first-order chi connectivity index (χ1) is 6.24. The molecular formula is C9H7BrO3. The van der Waals surface area contributed by atoms with Crippen molar-refractivity contribution in [1.82, 2.24) is 0 Å². The summed E-state index contributed by atoms with van der Waals surface area (Å²) >= 11 is 3.21. The van der Waals surface area contributed by atoms with Crippen molar-refractivity contribution in [3.8, 4) is 5.75 Å². The molecule has 1 aromatic carbocycles. The summed E-state index contributed by atoms with van der Waals surface area (Å²) in [4.78, 5) is 21.2. The van der Waals surface area contributed by atoms with Gasteiger partial charge in [0, 0.05) is 5.56 Å². The van der Waals surface area contributed by atoms with E-state index < -0.39 is 0 Å². The van der Waals surface area contributed by atoms with Crippen LogP contribution in [0.3, 0.4) is 0 Å². The smallest absolute Gasteiger partial charge is 0.154 e. The lowest BCUT2D eigenvalue weighted by atomic mass is 10.1. The van der Waals surface area contributed by atoms with Crippen LogP contribution in [0, 0.1) is 0 Å². The van der Waals surface area contributed by atoms with Gasteiger partial charge in [-0.3, -0.25) is 9.59 Å². The third kappa shape index (κ3) is 1.78. The Labute approximate surface area is 83.8 Å². The molecule has 0 saturated carbocycles. The van der Waals surface area contributed by atoms with Gasteiger partial charge in [0.05, 0.1) is 17.1 Å². The maximum atomic E-state index is 10.7. The number of benzene rings is 1. The molecule has 0 aliphatic carbocycles. The molecule has 68 valence electrons. The van der Waals surface area contributed by atoms with E-state index in [-0.39, 0.29) is 5.56 Å². The second-order valence-corrected chi connectivity index (χ2v) is 3.17. The highest BCUT2D eigenvalue weighted by atomic mass is 79.9. The van der Waals surface area contributed by atoms with Crippen LogP contribution in [-0.4, -0.2) is 19.7 Å². The first-order valence-electron chi connectivity index (χ1n) is 3.51. The van der Waals surface area contributed by atoms with E-state index in [1.165, 1.54) is 7.11 Å². The van der Waals surface area contributed by atoms with Crippen molar-refractivity contribution in [3.05, 3.63) is 27.7 Å². The number of carbonyl (C=O) groups excluding carboxylic acids is 2. The SMILES string of the molecule is COc1c(Br)ccc(C=O)c1C=O. The fraction of sp³-hybridized carbons (Fsp3) is 0.111. The van der Waals surface area contributed by atoms with Gasteiger partial charge in [0.2, 0.25) is 0 Å². The van der Waals surface area contributed by atoms with Crippen LogP contribution < -0.4 is 4.74 Å². The van der Waals surface area contributed by atoms with Gasteiger partial charge < -0.3 is 4.74 Å². The molecule has 0 aliphatic rings. The van der Waals surface area contributed by atoms with E-state index in [0.29, 0.717) is 28.4 Å². The molecule has 0 heterocycles. The molecule has 0 bridgehead atoms. The average Bonchev–Trinajstić information content (AvgIpc) is 2.17. The third-order valence-electron chi connectivity index (χ3n) is 1.63. The second-order valence-electron chi connectivity index (χ2n) is 2.32. The van der Waals surface area contributed by atoms with Crippen LogP contribution in [0.25, 0.3) is 0 Å². The van der Waals surface area contributed by atoms with Crippen molar-refractivity contribution in [2.45, 2.75) is 0 Å². The Balaban J connectivity index is 3.44. The van der Waals surface area contributed by atoms with Gasteiger partial charge in [0.25, 0.3) is 0 Å². The zero-order valence-electron chi connectivity index (χ0n) is 6.91. The van der Waals surface area contributed by atoms with Gasteiger partial charge in [-0.2, -0.15) is 0 Å². The number of rotatable bonds is 3. The van der Waals surface area contributed by atoms with E-state index in [2.05, 4.69) is 15.9 Å². The lowest BCUT2D eigenvalue weighted by Crippen LogP contribution is -1.96. The summed E-state index contributed by atoms with van der Waals surface area (Å²) in [5.41, 5.74) is 0.599. The summed E-state index contributed by atoms with van der Waals surface area (Å²) in [5, 5.41) is 0. The van der Waals surface area contributed by atoms with E-state index in [4.69, 9.17) is 4.74 Å². The molecule has 13 heavy (non-hydrogen) atoms. The largest absolute Gasteiger partial charge is 0.495 e. The lowest BCUT2D eigenvalue weighted by Gasteiger charge is -2.07. The Kier molecular flexibility index (Phi) is 3.19. The molecule has 0 atom stereocenters. The molecule has 1 rings (SSSR count). The number of ether oxygens (including phenoxy) is 1. The summed E-state index contributed by atoms with van der Waals surface area (Å²) in [7, 11) is 1.45. The number of halogens is 1. The molecule has 0 amide bonds. The van der Waals surface area contributed by atoms with Crippen LogP contribution in [0.15, 0.2) is 16.6 Å². The topological polar surface area (TPSA) is 43.4 Å². The maximum absolute atomic E-state index is 10.7. The van der Waals surface area contributed by atoms with E-state index >= 15 is 0 Å². The number of hydrogen-bond acceptors (Lipinski definition) is 3. The molecule has 4 heteroatoms. The van der Waals surface area contributed by atoms with Crippen LogP contribution in [0.2, 0.25) is 0 Å². The van der Waals surface area contributed by atoms with E-state index in [9.17, 15) is 9.59 Å². The van der Waals surface area contributed by atoms with Gasteiger partial charge in [0.1, 0.15) is 5.75 Å². The molecule has 0 N–H and O–H groups in total. The van der Waals surface area contributed by atoms with Gasteiger partial charge in [-0.1, -0.05) is 0 Å². The predicted octanol–water partition coefficient (Wildman–Crippen LogP) is 2.08. The zero-order valence-corrected chi connectivity index (χ0v) is 8.50. The molecule has 0 saturated heterocycles. The van der Waals surface area contributed by atoms with Crippen LogP contribution in [0.1, 0.15) is 20.7 Å². The number of methoxy groups -OCH3 is 1. The fourth-order valence-electron chi connectivity index (χ4n) is 1.02. The highest BCUT2D eigenvalue weighted by Gasteiger charge is 2.10. The molecule has 0 radical (unpaired) electrons. The Bertz CT molecular complexity index is 347. The lowest BCUT2D eigenvalue weighted by molar-refractivity contribution is 0.109. The van der Waals surface area contributed by atoms with Crippen LogP contribution in [0.5, 0.6) is 5.75 Å². The number of aldehydes is 2. The predicted molar refractivity (Wildman–Crippen MR) is 51.5 cm³/mol. The Morgan fingerprint density at radius 1 is 1.31 bits per heavy atom. The van der Waals surface area contributed by atoms with Crippen molar-refractivity contribution in [1.29, 1.82) is 0 Å². The average molecular weight is 243 g/mol. The van der Waals surface area contributed by atoms with Gasteiger partial charge in [0.15, 0.2) is 12.6 Å². The summed E-state index contributed by atoms with van der Waals surface area (Å²) in [5.74, 6) is 0.389. The molecule has 0 aliphatic heterocycles. The minimum absolute atomic E-state index is 0.270.